The summed E-state index contributed by atoms with van der Waals surface area (Å²) in [5.41, 5.74) is 2.28. The van der Waals surface area contributed by atoms with Gasteiger partial charge in [-0.3, -0.25) is 4.98 Å². The molecular formula is C15H14BrN3S. The highest BCUT2D eigenvalue weighted by atomic mass is 79.9. The van der Waals surface area contributed by atoms with E-state index in [1.165, 1.54) is 10.6 Å². The Kier molecular flexibility index (Phi) is 4.40. The quantitative estimate of drug-likeness (QED) is 0.713. The molecule has 3 aromatic rings. The summed E-state index contributed by atoms with van der Waals surface area (Å²) in [7, 11) is 0. The molecule has 0 aliphatic carbocycles. The molecule has 0 aliphatic rings. The number of hydrogen-bond donors (Lipinski definition) is 1. The minimum Gasteiger partial charge on any atom is -0.312 e. The maximum Gasteiger partial charge on any atom is 0.0937 e. The van der Waals surface area contributed by atoms with Crippen molar-refractivity contribution in [3.63, 3.8) is 0 Å². The summed E-state index contributed by atoms with van der Waals surface area (Å²) < 4.78 is 1.09. The SMILES string of the molecule is Brc1ccc(CNCCc2nccs2)c2ncccc12. The van der Waals surface area contributed by atoms with Crippen LogP contribution in [0, 0.1) is 0 Å². The lowest BCUT2D eigenvalue weighted by Gasteiger charge is -2.08. The van der Waals surface area contributed by atoms with Crippen LogP contribution in [0.15, 0.2) is 46.5 Å². The number of nitrogens with zero attached hydrogens (tertiary/aromatic N) is 2. The summed E-state index contributed by atoms with van der Waals surface area (Å²) in [5.74, 6) is 0. The number of fused-ring (bicyclic) bond motifs is 1. The van der Waals surface area contributed by atoms with Gasteiger partial charge in [0.15, 0.2) is 0 Å². The van der Waals surface area contributed by atoms with Gasteiger partial charge in [-0.2, -0.15) is 0 Å². The van der Waals surface area contributed by atoms with Gasteiger partial charge in [0.25, 0.3) is 0 Å². The van der Waals surface area contributed by atoms with Crippen molar-refractivity contribution < 1.29 is 0 Å². The average molecular weight is 348 g/mol. The minimum atomic E-state index is 0.826. The zero-order valence-electron chi connectivity index (χ0n) is 10.8. The third-order valence-corrected chi connectivity index (χ3v) is 4.65. The maximum absolute atomic E-state index is 4.49. The molecule has 0 radical (unpaired) electrons. The molecule has 3 rings (SSSR count). The molecule has 0 aliphatic heterocycles. The number of thiazole rings is 1. The lowest BCUT2D eigenvalue weighted by atomic mass is 10.1. The first-order valence-corrected chi connectivity index (χ1v) is 8.13. The summed E-state index contributed by atoms with van der Waals surface area (Å²) in [5, 5.41) is 7.81. The first-order valence-electron chi connectivity index (χ1n) is 6.46. The molecule has 3 nitrogen and oxygen atoms in total. The molecule has 2 aromatic heterocycles. The molecule has 0 saturated heterocycles. The predicted molar refractivity (Wildman–Crippen MR) is 87.0 cm³/mol. The monoisotopic (exact) mass is 347 g/mol. The summed E-state index contributed by atoms with van der Waals surface area (Å²) in [6, 6.07) is 8.26. The van der Waals surface area contributed by atoms with E-state index in [2.05, 4.69) is 49.4 Å². The van der Waals surface area contributed by atoms with Crippen molar-refractivity contribution >= 4 is 38.2 Å². The molecule has 0 unspecified atom stereocenters. The fraction of sp³-hybridized carbons (Fsp3) is 0.200. The van der Waals surface area contributed by atoms with E-state index in [1.807, 2.05) is 23.8 Å². The van der Waals surface area contributed by atoms with Crippen LogP contribution in [0.2, 0.25) is 0 Å². The zero-order chi connectivity index (χ0) is 13.8. The van der Waals surface area contributed by atoms with Crippen molar-refractivity contribution in [1.82, 2.24) is 15.3 Å². The van der Waals surface area contributed by atoms with Gasteiger partial charge in [-0.1, -0.05) is 28.1 Å². The van der Waals surface area contributed by atoms with Gasteiger partial charge in [0, 0.05) is 47.1 Å². The van der Waals surface area contributed by atoms with Gasteiger partial charge in [-0.15, -0.1) is 11.3 Å². The molecular weight excluding hydrogens is 334 g/mol. The molecule has 1 aromatic carbocycles. The standard InChI is InChI=1S/C15H14BrN3S/c16-13-4-3-11(15-12(13)2-1-6-19-15)10-17-7-5-14-18-8-9-20-14/h1-4,6,8-9,17H,5,7,10H2. The first-order chi connectivity index (χ1) is 9.84. The normalized spacial score (nSPS) is 11.1. The molecule has 5 heteroatoms. The Hall–Kier alpha value is -1.30. The molecule has 20 heavy (non-hydrogen) atoms. The molecule has 1 N–H and O–H groups in total. The Morgan fingerprint density at radius 2 is 2.10 bits per heavy atom. The van der Waals surface area contributed by atoms with E-state index in [0.717, 1.165) is 34.9 Å². The van der Waals surface area contributed by atoms with Gasteiger partial charge in [0.05, 0.1) is 10.5 Å². The molecule has 0 saturated carbocycles. The number of aromatic nitrogens is 2. The van der Waals surface area contributed by atoms with Gasteiger partial charge < -0.3 is 5.32 Å². The lowest BCUT2D eigenvalue weighted by Crippen LogP contribution is -2.17. The van der Waals surface area contributed by atoms with E-state index in [4.69, 9.17) is 0 Å². The number of pyridine rings is 1. The summed E-state index contributed by atoms with van der Waals surface area (Å²) in [6.45, 7) is 1.75. The van der Waals surface area contributed by atoms with Crippen LogP contribution in [0.1, 0.15) is 10.6 Å². The Morgan fingerprint density at radius 1 is 1.15 bits per heavy atom. The third-order valence-electron chi connectivity index (χ3n) is 3.11. The third kappa shape index (κ3) is 3.06. The van der Waals surface area contributed by atoms with Crippen molar-refractivity contribution in [3.8, 4) is 0 Å². The van der Waals surface area contributed by atoms with Gasteiger partial charge in [0.2, 0.25) is 0 Å². The number of nitrogens with one attached hydrogen (secondary N) is 1. The van der Waals surface area contributed by atoms with E-state index in [9.17, 15) is 0 Å². The molecule has 0 bridgehead atoms. The summed E-state index contributed by atoms with van der Waals surface area (Å²) in [4.78, 5) is 8.77. The van der Waals surface area contributed by atoms with Crippen LogP contribution in [-0.2, 0) is 13.0 Å². The number of halogens is 1. The second kappa shape index (κ2) is 6.43. The molecule has 0 atom stereocenters. The van der Waals surface area contributed by atoms with Gasteiger partial charge >= 0.3 is 0 Å². The average Bonchev–Trinajstić information content (AvgIpc) is 2.99. The van der Waals surface area contributed by atoms with Crippen molar-refractivity contribution in [3.05, 3.63) is 57.1 Å². The van der Waals surface area contributed by atoms with Crippen LogP contribution in [0.25, 0.3) is 10.9 Å². The van der Waals surface area contributed by atoms with Crippen LogP contribution in [-0.4, -0.2) is 16.5 Å². The maximum atomic E-state index is 4.49. The molecule has 2 heterocycles. The Morgan fingerprint density at radius 3 is 2.95 bits per heavy atom. The van der Waals surface area contributed by atoms with Crippen LogP contribution >= 0.6 is 27.3 Å². The van der Waals surface area contributed by atoms with E-state index in [0.29, 0.717) is 0 Å². The van der Waals surface area contributed by atoms with Crippen molar-refractivity contribution in [2.24, 2.45) is 0 Å². The number of benzene rings is 1. The molecule has 102 valence electrons. The predicted octanol–water partition coefficient (Wildman–Crippen LogP) is 3.79. The van der Waals surface area contributed by atoms with Crippen LogP contribution < -0.4 is 5.32 Å². The van der Waals surface area contributed by atoms with E-state index in [1.54, 1.807) is 11.3 Å². The highest BCUT2D eigenvalue weighted by Gasteiger charge is 2.05. The van der Waals surface area contributed by atoms with Crippen molar-refractivity contribution in [2.45, 2.75) is 13.0 Å². The Bertz CT molecular complexity index is 697. The summed E-state index contributed by atoms with van der Waals surface area (Å²) >= 11 is 5.28. The minimum absolute atomic E-state index is 0.826. The second-order valence-corrected chi connectivity index (χ2v) is 6.29. The molecule has 0 fully saturated rings. The van der Waals surface area contributed by atoms with Crippen molar-refractivity contribution in [2.75, 3.05) is 6.54 Å². The zero-order valence-corrected chi connectivity index (χ0v) is 13.2. The Labute approximate surface area is 130 Å². The van der Waals surface area contributed by atoms with Crippen LogP contribution in [0.4, 0.5) is 0 Å². The fourth-order valence-electron chi connectivity index (χ4n) is 2.13. The smallest absolute Gasteiger partial charge is 0.0937 e. The van der Waals surface area contributed by atoms with E-state index < -0.39 is 0 Å². The van der Waals surface area contributed by atoms with Gasteiger partial charge in [-0.25, -0.2) is 4.98 Å². The molecule has 0 amide bonds. The van der Waals surface area contributed by atoms with E-state index in [-0.39, 0.29) is 0 Å². The summed E-state index contributed by atoms with van der Waals surface area (Å²) in [6.07, 6.45) is 4.67. The fourth-order valence-corrected chi connectivity index (χ4v) is 3.21. The van der Waals surface area contributed by atoms with Crippen molar-refractivity contribution in [1.29, 1.82) is 0 Å². The van der Waals surface area contributed by atoms with Crippen LogP contribution in [0.3, 0.4) is 0 Å². The van der Waals surface area contributed by atoms with E-state index >= 15 is 0 Å². The number of hydrogen-bond acceptors (Lipinski definition) is 4. The second-order valence-electron chi connectivity index (χ2n) is 4.46. The topological polar surface area (TPSA) is 37.8 Å². The lowest BCUT2D eigenvalue weighted by molar-refractivity contribution is 0.687. The van der Waals surface area contributed by atoms with Crippen LogP contribution in [0.5, 0.6) is 0 Å². The largest absolute Gasteiger partial charge is 0.312 e. The van der Waals surface area contributed by atoms with Gasteiger partial charge in [0.1, 0.15) is 0 Å². The highest BCUT2D eigenvalue weighted by Crippen LogP contribution is 2.25. The van der Waals surface area contributed by atoms with Gasteiger partial charge in [-0.05, 0) is 17.7 Å². The first kappa shape index (κ1) is 13.7. The number of rotatable bonds is 5. The Balaban J connectivity index is 1.67. The highest BCUT2D eigenvalue weighted by molar-refractivity contribution is 9.10. The molecule has 0 spiro atoms.